The van der Waals surface area contributed by atoms with Crippen molar-refractivity contribution in [1.29, 1.82) is 0 Å². The Balaban J connectivity index is 1.86. The molecule has 0 radical (unpaired) electrons. The molecule has 1 nitrogen and oxygen atoms in total. The van der Waals surface area contributed by atoms with Crippen LogP contribution < -0.4 is 0 Å². The van der Waals surface area contributed by atoms with Gasteiger partial charge in [0.2, 0.25) is 0 Å². The second kappa shape index (κ2) is 4.04. The van der Waals surface area contributed by atoms with E-state index in [1.807, 2.05) is 17.8 Å². The molecule has 1 heterocycles. The van der Waals surface area contributed by atoms with E-state index in [9.17, 15) is 0 Å². The molecule has 66 valence electrons. The summed E-state index contributed by atoms with van der Waals surface area (Å²) in [7, 11) is 0. The molecule has 1 fully saturated rings. The molecule has 0 aliphatic heterocycles. The van der Waals surface area contributed by atoms with Crippen LogP contribution in [-0.4, -0.2) is 5.25 Å². The number of rotatable bonds is 2. The maximum Gasteiger partial charge on any atom is 0.160 e. The fourth-order valence-electron chi connectivity index (χ4n) is 1.68. The predicted molar refractivity (Wildman–Crippen MR) is 51.4 cm³/mol. The molecule has 0 spiro atoms. The molecule has 0 unspecified atom stereocenters. The minimum atomic E-state index is 0.810. The van der Waals surface area contributed by atoms with Gasteiger partial charge in [-0.3, -0.25) is 0 Å². The lowest BCUT2D eigenvalue weighted by Crippen LogP contribution is -2.07. The number of furan rings is 1. The summed E-state index contributed by atoms with van der Waals surface area (Å²) in [6, 6.07) is 4.02. The van der Waals surface area contributed by atoms with Crippen LogP contribution in [0.2, 0.25) is 0 Å². The summed E-state index contributed by atoms with van der Waals surface area (Å²) >= 11 is 1.90. The first-order valence-corrected chi connectivity index (χ1v) is 5.53. The van der Waals surface area contributed by atoms with E-state index >= 15 is 0 Å². The zero-order valence-corrected chi connectivity index (χ0v) is 7.98. The van der Waals surface area contributed by atoms with Crippen molar-refractivity contribution in [3.05, 3.63) is 18.4 Å². The molecule has 0 bridgehead atoms. The Bertz CT molecular complexity index is 212. The molecular weight excluding hydrogens is 168 g/mol. The Kier molecular flexibility index (Phi) is 2.77. The molecule has 12 heavy (non-hydrogen) atoms. The minimum absolute atomic E-state index is 0.810. The molecule has 0 atom stereocenters. The second-order valence-electron chi connectivity index (χ2n) is 3.31. The van der Waals surface area contributed by atoms with Crippen LogP contribution in [0.3, 0.4) is 0 Å². The number of hydrogen-bond donors (Lipinski definition) is 0. The Morgan fingerprint density at radius 3 is 2.75 bits per heavy atom. The van der Waals surface area contributed by atoms with Crippen molar-refractivity contribution in [3.8, 4) is 0 Å². The highest BCUT2D eigenvalue weighted by molar-refractivity contribution is 7.99. The molecule has 2 rings (SSSR count). The Labute approximate surface area is 77.5 Å². The molecule has 1 aromatic rings. The lowest BCUT2D eigenvalue weighted by atomic mass is 10.0. The first-order valence-electron chi connectivity index (χ1n) is 4.65. The first-order chi connectivity index (χ1) is 5.95. The quantitative estimate of drug-likeness (QED) is 0.691. The van der Waals surface area contributed by atoms with E-state index in [4.69, 9.17) is 4.42 Å². The van der Waals surface area contributed by atoms with E-state index in [-0.39, 0.29) is 0 Å². The largest absolute Gasteiger partial charge is 0.458 e. The van der Waals surface area contributed by atoms with Crippen molar-refractivity contribution in [2.24, 2.45) is 0 Å². The van der Waals surface area contributed by atoms with Crippen LogP contribution in [0.4, 0.5) is 0 Å². The summed E-state index contributed by atoms with van der Waals surface area (Å²) in [5, 5.41) is 1.90. The van der Waals surface area contributed by atoms with E-state index in [1.165, 1.54) is 32.1 Å². The zero-order valence-electron chi connectivity index (χ0n) is 7.16. The normalized spacial score (nSPS) is 19.7. The van der Waals surface area contributed by atoms with Crippen molar-refractivity contribution in [1.82, 2.24) is 0 Å². The van der Waals surface area contributed by atoms with Gasteiger partial charge in [-0.25, -0.2) is 0 Å². The highest BCUT2D eigenvalue weighted by Gasteiger charge is 2.15. The molecule has 2 heteroatoms. The maximum absolute atomic E-state index is 5.30. The monoisotopic (exact) mass is 182 g/mol. The van der Waals surface area contributed by atoms with Crippen LogP contribution in [0.25, 0.3) is 0 Å². The fourth-order valence-corrected chi connectivity index (χ4v) is 2.84. The van der Waals surface area contributed by atoms with Crippen molar-refractivity contribution < 1.29 is 4.42 Å². The Morgan fingerprint density at radius 2 is 2.08 bits per heavy atom. The maximum atomic E-state index is 5.30. The topological polar surface area (TPSA) is 13.1 Å². The van der Waals surface area contributed by atoms with Crippen LogP contribution in [0, 0.1) is 0 Å². The highest BCUT2D eigenvalue weighted by atomic mass is 32.2. The third-order valence-electron chi connectivity index (χ3n) is 2.33. The van der Waals surface area contributed by atoms with Gasteiger partial charge in [-0.15, -0.1) is 0 Å². The molecule has 1 saturated carbocycles. The van der Waals surface area contributed by atoms with Crippen molar-refractivity contribution in [2.45, 2.75) is 42.4 Å². The van der Waals surface area contributed by atoms with Crippen LogP contribution in [0.15, 0.2) is 27.9 Å². The predicted octanol–water partition coefficient (Wildman–Crippen LogP) is 3.70. The smallest absolute Gasteiger partial charge is 0.160 e. The van der Waals surface area contributed by atoms with Gasteiger partial charge < -0.3 is 4.42 Å². The third-order valence-corrected chi connectivity index (χ3v) is 3.60. The standard InChI is InChI=1S/C10H14OS/c1-2-5-9(6-3-1)12-10-7-4-8-11-10/h4,7-9H,1-3,5-6H2. The second-order valence-corrected chi connectivity index (χ2v) is 4.61. The molecule has 1 aliphatic rings. The summed E-state index contributed by atoms with van der Waals surface area (Å²) in [4.78, 5) is 0. The van der Waals surface area contributed by atoms with E-state index in [0.717, 1.165) is 10.3 Å². The summed E-state index contributed by atoms with van der Waals surface area (Å²) in [6.07, 6.45) is 8.72. The van der Waals surface area contributed by atoms with E-state index in [1.54, 1.807) is 6.26 Å². The van der Waals surface area contributed by atoms with Crippen molar-refractivity contribution in [2.75, 3.05) is 0 Å². The molecule has 1 aliphatic carbocycles. The fraction of sp³-hybridized carbons (Fsp3) is 0.600. The van der Waals surface area contributed by atoms with Gasteiger partial charge in [0.1, 0.15) is 0 Å². The summed E-state index contributed by atoms with van der Waals surface area (Å²) in [5.41, 5.74) is 0. The molecule has 1 aromatic heterocycles. The van der Waals surface area contributed by atoms with Gasteiger partial charge in [0.25, 0.3) is 0 Å². The molecule has 0 amide bonds. The van der Waals surface area contributed by atoms with Gasteiger partial charge in [-0.05, 0) is 25.0 Å². The average Bonchev–Trinajstić information content (AvgIpc) is 2.59. The van der Waals surface area contributed by atoms with Gasteiger partial charge >= 0.3 is 0 Å². The molecule has 0 saturated heterocycles. The van der Waals surface area contributed by atoms with E-state index in [0.29, 0.717) is 0 Å². The third kappa shape index (κ3) is 2.07. The van der Waals surface area contributed by atoms with Gasteiger partial charge in [-0.1, -0.05) is 31.0 Å². The van der Waals surface area contributed by atoms with Gasteiger partial charge in [0.05, 0.1) is 6.26 Å². The number of thioether (sulfide) groups is 1. The van der Waals surface area contributed by atoms with Crippen molar-refractivity contribution >= 4 is 11.8 Å². The number of hydrogen-bond acceptors (Lipinski definition) is 2. The SMILES string of the molecule is c1coc(SC2CCCCC2)c1. The zero-order chi connectivity index (χ0) is 8.23. The average molecular weight is 182 g/mol. The minimum Gasteiger partial charge on any atom is -0.458 e. The first kappa shape index (κ1) is 8.24. The Morgan fingerprint density at radius 1 is 1.25 bits per heavy atom. The summed E-state index contributed by atoms with van der Waals surface area (Å²) in [6.45, 7) is 0. The summed E-state index contributed by atoms with van der Waals surface area (Å²) < 4.78 is 5.30. The van der Waals surface area contributed by atoms with Crippen LogP contribution >= 0.6 is 11.8 Å². The van der Waals surface area contributed by atoms with Crippen LogP contribution in [0.5, 0.6) is 0 Å². The highest BCUT2D eigenvalue weighted by Crippen LogP contribution is 2.33. The molecular formula is C10H14OS. The van der Waals surface area contributed by atoms with Crippen molar-refractivity contribution in [3.63, 3.8) is 0 Å². The lowest BCUT2D eigenvalue weighted by molar-refractivity contribution is 0.466. The molecule has 0 N–H and O–H groups in total. The Hall–Kier alpha value is -0.370. The van der Waals surface area contributed by atoms with Gasteiger partial charge in [-0.2, -0.15) is 0 Å². The van der Waals surface area contributed by atoms with Crippen LogP contribution in [-0.2, 0) is 0 Å². The van der Waals surface area contributed by atoms with Gasteiger partial charge in [0.15, 0.2) is 5.09 Å². The molecule has 0 aromatic carbocycles. The van der Waals surface area contributed by atoms with E-state index < -0.39 is 0 Å². The van der Waals surface area contributed by atoms with E-state index in [2.05, 4.69) is 6.07 Å². The summed E-state index contributed by atoms with van der Waals surface area (Å²) in [5.74, 6) is 0. The van der Waals surface area contributed by atoms with Crippen LogP contribution in [0.1, 0.15) is 32.1 Å². The van der Waals surface area contributed by atoms with Gasteiger partial charge in [0, 0.05) is 5.25 Å². The lowest BCUT2D eigenvalue weighted by Gasteiger charge is -2.19.